The van der Waals surface area contributed by atoms with E-state index in [9.17, 15) is 0 Å². The molecule has 0 heterocycles. The molecule has 1 saturated carbocycles. The van der Waals surface area contributed by atoms with Crippen molar-refractivity contribution >= 4 is 0 Å². The van der Waals surface area contributed by atoms with Crippen molar-refractivity contribution in [3.63, 3.8) is 0 Å². The molecular formula is C15H22O. The van der Waals surface area contributed by atoms with Crippen LogP contribution >= 0.6 is 0 Å². The van der Waals surface area contributed by atoms with Gasteiger partial charge in [0.2, 0.25) is 0 Å². The van der Waals surface area contributed by atoms with Crippen LogP contribution in [-0.4, -0.2) is 7.11 Å². The minimum atomic E-state index is 0.449. The van der Waals surface area contributed by atoms with E-state index in [0.29, 0.717) is 5.41 Å². The first kappa shape index (κ1) is 11.5. The lowest BCUT2D eigenvalue weighted by Gasteiger charge is -2.37. The number of rotatable bonds is 3. The molecule has 0 saturated heterocycles. The first-order valence-electron chi connectivity index (χ1n) is 6.45. The van der Waals surface area contributed by atoms with Crippen LogP contribution in [0.5, 0.6) is 5.75 Å². The lowest BCUT2D eigenvalue weighted by molar-refractivity contribution is 0.283. The molecule has 0 aromatic heterocycles. The quantitative estimate of drug-likeness (QED) is 0.734. The molecule has 1 fully saturated rings. The topological polar surface area (TPSA) is 9.23 Å². The molecule has 16 heavy (non-hydrogen) atoms. The van der Waals surface area contributed by atoms with Gasteiger partial charge >= 0.3 is 0 Å². The van der Waals surface area contributed by atoms with Crippen molar-refractivity contribution in [1.29, 1.82) is 0 Å². The van der Waals surface area contributed by atoms with Crippen LogP contribution < -0.4 is 4.74 Å². The fourth-order valence-electron chi connectivity index (χ4n) is 3.02. The van der Waals surface area contributed by atoms with Gasteiger partial charge in [0.05, 0.1) is 7.11 Å². The van der Waals surface area contributed by atoms with Gasteiger partial charge in [-0.1, -0.05) is 38.3 Å². The number of benzene rings is 1. The van der Waals surface area contributed by atoms with Crippen LogP contribution in [0.1, 0.15) is 51.0 Å². The molecule has 0 bridgehead atoms. The molecule has 2 rings (SSSR count). The Morgan fingerprint density at radius 2 is 1.69 bits per heavy atom. The maximum atomic E-state index is 5.22. The van der Waals surface area contributed by atoms with E-state index in [1.165, 1.54) is 44.1 Å². The summed E-state index contributed by atoms with van der Waals surface area (Å²) in [6.07, 6.45) is 8.17. The van der Waals surface area contributed by atoms with Crippen LogP contribution in [0.2, 0.25) is 0 Å². The van der Waals surface area contributed by atoms with E-state index < -0.39 is 0 Å². The van der Waals surface area contributed by atoms with Gasteiger partial charge in [0.1, 0.15) is 5.75 Å². The largest absolute Gasteiger partial charge is 0.497 e. The van der Waals surface area contributed by atoms with E-state index in [1.54, 1.807) is 7.11 Å². The maximum Gasteiger partial charge on any atom is 0.118 e. The number of hydrogen-bond donors (Lipinski definition) is 0. The summed E-state index contributed by atoms with van der Waals surface area (Å²) in [4.78, 5) is 0. The van der Waals surface area contributed by atoms with Crippen molar-refractivity contribution < 1.29 is 4.74 Å². The molecule has 1 aliphatic carbocycles. The second-order valence-electron chi connectivity index (χ2n) is 4.92. The predicted molar refractivity (Wildman–Crippen MR) is 68.0 cm³/mol. The molecule has 1 heteroatoms. The molecule has 0 spiro atoms. The first-order chi connectivity index (χ1) is 7.80. The Kier molecular flexibility index (Phi) is 3.52. The third-order valence-electron chi connectivity index (χ3n) is 4.19. The molecule has 1 aromatic rings. The van der Waals surface area contributed by atoms with Crippen molar-refractivity contribution in [2.75, 3.05) is 7.11 Å². The predicted octanol–water partition coefficient (Wildman–Crippen LogP) is 4.31. The van der Waals surface area contributed by atoms with E-state index in [0.717, 1.165) is 5.75 Å². The maximum absolute atomic E-state index is 5.22. The SMILES string of the molecule is CCC1(c2ccc(OC)cc2)CCCCC1. The summed E-state index contributed by atoms with van der Waals surface area (Å²) in [7, 11) is 1.73. The Morgan fingerprint density at radius 3 is 2.19 bits per heavy atom. The van der Waals surface area contributed by atoms with Crippen molar-refractivity contribution in [2.24, 2.45) is 0 Å². The van der Waals surface area contributed by atoms with Crippen molar-refractivity contribution in [3.8, 4) is 5.75 Å². The van der Waals surface area contributed by atoms with E-state index in [1.807, 2.05) is 0 Å². The second-order valence-corrected chi connectivity index (χ2v) is 4.92. The zero-order valence-corrected chi connectivity index (χ0v) is 10.5. The highest BCUT2D eigenvalue weighted by Gasteiger charge is 2.31. The normalized spacial score (nSPS) is 19.4. The minimum Gasteiger partial charge on any atom is -0.497 e. The summed E-state index contributed by atoms with van der Waals surface area (Å²) in [5.41, 5.74) is 1.96. The van der Waals surface area contributed by atoms with Crippen LogP contribution in [0.25, 0.3) is 0 Å². The summed E-state index contributed by atoms with van der Waals surface area (Å²) in [5.74, 6) is 0.964. The molecule has 0 atom stereocenters. The Morgan fingerprint density at radius 1 is 1.06 bits per heavy atom. The number of ether oxygens (including phenoxy) is 1. The summed E-state index contributed by atoms with van der Waals surface area (Å²) >= 11 is 0. The average Bonchev–Trinajstić information content (AvgIpc) is 2.39. The van der Waals surface area contributed by atoms with Crippen LogP contribution in [0.4, 0.5) is 0 Å². The lowest BCUT2D eigenvalue weighted by atomic mass is 9.68. The van der Waals surface area contributed by atoms with Gasteiger partial charge < -0.3 is 4.74 Å². The van der Waals surface area contributed by atoms with E-state index in [-0.39, 0.29) is 0 Å². The van der Waals surface area contributed by atoms with Gasteiger partial charge in [0, 0.05) is 0 Å². The summed E-state index contributed by atoms with van der Waals surface area (Å²) in [6.45, 7) is 2.33. The van der Waals surface area contributed by atoms with Gasteiger partial charge in [0.15, 0.2) is 0 Å². The zero-order valence-electron chi connectivity index (χ0n) is 10.5. The van der Waals surface area contributed by atoms with Crippen LogP contribution in [0, 0.1) is 0 Å². The second kappa shape index (κ2) is 4.90. The van der Waals surface area contributed by atoms with E-state index in [2.05, 4.69) is 31.2 Å². The average molecular weight is 218 g/mol. The third kappa shape index (κ3) is 2.09. The van der Waals surface area contributed by atoms with Crippen LogP contribution in [-0.2, 0) is 5.41 Å². The molecule has 1 aromatic carbocycles. The number of methoxy groups -OCH3 is 1. The highest BCUT2D eigenvalue weighted by Crippen LogP contribution is 2.42. The van der Waals surface area contributed by atoms with Crippen molar-refractivity contribution in [3.05, 3.63) is 29.8 Å². The molecule has 0 amide bonds. The van der Waals surface area contributed by atoms with Crippen molar-refractivity contribution in [2.45, 2.75) is 50.9 Å². The molecule has 0 aliphatic heterocycles. The van der Waals surface area contributed by atoms with Crippen LogP contribution in [0.3, 0.4) is 0 Å². The van der Waals surface area contributed by atoms with Gasteiger partial charge in [-0.3, -0.25) is 0 Å². The molecule has 0 N–H and O–H groups in total. The molecule has 88 valence electrons. The number of hydrogen-bond acceptors (Lipinski definition) is 1. The standard InChI is InChI=1S/C15H22O/c1-3-15(11-5-4-6-12-15)13-7-9-14(16-2)10-8-13/h7-10H,3-6,11-12H2,1-2H3. The van der Waals surface area contributed by atoms with E-state index >= 15 is 0 Å². The Hall–Kier alpha value is -0.980. The highest BCUT2D eigenvalue weighted by molar-refractivity contribution is 5.32. The summed E-state index contributed by atoms with van der Waals surface area (Å²) in [5, 5.41) is 0. The Balaban J connectivity index is 2.24. The van der Waals surface area contributed by atoms with Gasteiger partial charge in [-0.2, -0.15) is 0 Å². The molecule has 1 nitrogen and oxygen atoms in total. The van der Waals surface area contributed by atoms with Gasteiger partial charge in [-0.05, 0) is 42.4 Å². The third-order valence-corrected chi connectivity index (χ3v) is 4.19. The van der Waals surface area contributed by atoms with E-state index in [4.69, 9.17) is 4.74 Å². The summed E-state index contributed by atoms with van der Waals surface area (Å²) in [6, 6.07) is 8.71. The Bertz CT molecular complexity index is 320. The highest BCUT2D eigenvalue weighted by atomic mass is 16.5. The van der Waals surface area contributed by atoms with Gasteiger partial charge in [0.25, 0.3) is 0 Å². The minimum absolute atomic E-state index is 0.449. The fourth-order valence-corrected chi connectivity index (χ4v) is 3.02. The van der Waals surface area contributed by atoms with Gasteiger partial charge in [-0.25, -0.2) is 0 Å². The first-order valence-corrected chi connectivity index (χ1v) is 6.45. The molecule has 0 unspecified atom stereocenters. The molecule has 1 aliphatic rings. The molecule has 0 radical (unpaired) electrons. The summed E-state index contributed by atoms with van der Waals surface area (Å²) < 4.78 is 5.22. The molecular weight excluding hydrogens is 196 g/mol. The van der Waals surface area contributed by atoms with Crippen molar-refractivity contribution in [1.82, 2.24) is 0 Å². The van der Waals surface area contributed by atoms with Gasteiger partial charge in [-0.15, -0.1) is 0 Å². The fraction of sp³-hybridized carbons (Fsp3) is 0.600. The zero-order chi connectivity index (χ0) is 11.4. The smallest absolute Gasteiger partial charge is 0.118 e. The van der Waals surface area contributed by atoms with Crippen LogP contribution in [0.15, 0.2) is 24.3 Å². The Labute approximate surface area is 98.8 Å². The lowest BCUT2D eigenvalue weighted by Crippen LogP contribution is -2.27. The monoisotopic (exact) mass is 218 g/mol.